The van der Waals surface area contributed by atoms with Gasteiger partial charge in [-0.2, -0.15) is 79.0 Å². The molecule has 380 valence electrons. The van der Waals surface area contributed by atoms with Crippen molar-refractivity contribution in [3.8, 4) is 44.8 Å². The molecule has 0 aliphatic heterocycles. The Hall–Kier alpha value is -7.64. The van der Waals surface area contributed by atoms with Crippen LogP contribution in [0.3, 0.4) is 0 Å². The molecule has 9 aromatic rings. The van der Waals surface area contributed by atoms with Gasteiger partial charge in [0.25, 0.3) is 0 Å². The van der Waals surface area contributed by atoms with Gasteiger partial charge in [0, 0.05) is 21.9 Å². The van der Waals surface area contributed by atoms with E-state index in [0.29, 0.717) is 35.9 Å². The Morgan fingerprint density at radius 1 is 0.351 bits per heavy atom. The van der Waals surface area contributed by atoms with Crippen LogP contribution in [0.1, 0.15) is 51.1 Å². The number of rotatable bonds is 5. The summed E-state index contributed by atoms with van der Waals surface area (Å²) in [6.07, 6.45) is -27.8. The van der Waals surface area contributed by atoms with Crippen LogP contribution in [0.25, 0.3) is 83.5 Å². The molecule has 74 heavy (non-hydrogen) atoms. The lowest BCUT2D eigenvalue weighted by Crippen LogP contribution is -2.17. The molecule has 2 heterocycles. The molecule has 10 rings (SSSR count). The normalized spacial score (nSPS) is 13.9. The van der Waals surface area contributed by atoms with E-state index < -0.39 is 92.9 Å². The number of aromatic nitrogens is 2. The molecule has 1 aliphatic rings. The summed E-state index contributed by atoms with van der Waals surface area (Å²) in [5.74, 6) is 0. The highest BCUT2D eigenvalue weighted by Crippen LogP contribution is 2.50. The Bertz CT molecular complexity index is 3760. The lowest BCUT2D eigenvalue weighted by Gasteiger charge is -2.24. The number of nitrogens with zero attached hydrogens (tertiary/aromatic N) is 2. The van der Waals surface area contributed by atoms with E-state index >= 15 is 13.2 Å². The van der Waals surface area contributed by atoms with Crippen LogP contribution >= 0.6 is 0 Å². The first-order valence-electron chi connectivity index (χ1n) is 21.9. The third-order valence-corrected chi connectivity index (χ3v) is 12.9. The summed E-state index contributed by atoms with van der Waals surface area (Å²) in [5.41, 5.74) is -12.5. The zero-order valence-corrected chi connectivity index (χ0v) is 37.0. The minimum Gasteiger partial charge on any atom is -0.309 e. The molecule has 2 aromatic heterocycles. The van der Waals surface area contributed by atoms with Crippen LogP contribution in [-0.2, 0) is 43.5 Å². The molecule has 0 saturated heterocycles. The van der Waals surface area contributed by atoms with Gasteiger partial charge in [-0.05, 0) is 137 Å². The van der Waals surface area contributed by atoms with Crippen molar-refractivity contribution >= 4 is 38.8 Å². The standard InChI is InChI=1S/C54H28F18N2/c55-49(56,57)31-7-5-6-27(20-31)30-23-46(73-42-10-3-1-8-36(42)38-21-28(12-18-44(38)73)34-16-14-32(50(58,59)60)25-40(34)52(64,65)66)48(54(70,71)72)47(24-30)74-43-11-4-2-9-37(43)39-22-29(13-19-45(39)74)35-17-15-33(51(61,62)63)26-41(35)53(67,68)69/h1,3-8,10-26H,2,9H2. The third kappa shape index (κ3) is 8.70. The minimum atomic E-state index is -5.37. The van der Waals surface area contributed by atoms with Gasteiger partial charge in [-0.3, -0.25) is 0 Å². The molecule has 2 nitrogen and oxygen atoms in total. The topological polar surface area (TPSA) is 9.86 Å². The van der Waals surface area contributed by atoms with Crippen LogP contribution < -0.4 is 0 Å². The second kappa shape index (κ2) is 17.0. The van der Waals surface area contributed by atoms with Crippen molar-refractivity contribution < 1.29 is 79.0 Å². The molecule has 0 amide bonds. The number of para-hydroxylation sites is 1. The van der Waals surface area contributed by atoms with Gasteiger partial charge in [0.15, 0.2) is 0 Å². The highest BCUT2D eigenvalue weighted by Gasteiger charge is 2.43. The maximum atomic E-state index is 16.4. The maximum Gasteiger partial charge on any atom is 0.420 e. The lowest BCUT2D eigenvalue weighted by molar-refractivity contribution is -0.144. The van der Waals surface area contributed by atoms with Crippen LogP contribution in [0.4, 0.5) is 79.0 Å². The highest BCUT2D eigenvalue weighted by atomic mass is 19.4. The van der Waals surface area contributed by atoms with E-state index in [-0.39, 0.29) is 85.6 Å². The van der Waals surface area contributed by atoms with Crippen molar-refractivity contribution in [1.29, 1.82) is 0 Å². The molecule has 0 spiro atoms. The zero-order chi connectivity index (χ0) is 53.2. The van der Waals surface area contributed by atoms with Gasteiger partial charge in [-0.15, -0.1) is 0 Å². The molecule has 0 unspecified atom stereocenters. The fourth-order valence-corrected chi connectivity index (χ4v) is 9.77. The van der Waals surface area contributed by atoms with E-state index in [0.717, 1.165) is 57.7 Å². The molecule has 0 bridgehead atoms. The summed E-state index contributed by atoms with van der Waals surface area (Å²) >= 11 is 0. The van der Waals surface area contributed by atoms with E-state index in [4.69, 9.17) is 0 Å². The van der Waals surface area contributed by atoms with Crippen LogP contribution in [0.2, 0.25) is 0 Å². The number of fused-ring (bicyclic) bond motifs is 6. The van der Waals surface area contributed by atoms with Crippen molar-refractivity contribution in [2.75, 3.05) is 0 Å². The van der Waals surface area contributed by atoms with Gasteiger partial charge < -0.3 is 9.13 Å². The Labute approximate surface area is 405 Å². The Morgan fingerprint density at radius 3 is 1.39 bits per heavy atom. The lowest BCUT2D eigenvalue weighted by atomic mass is 9.94. The first kappa shape index (κ1) is 49.9. The quantitative estimate of drug-likeness (QED) is 0.152. The van der Waals surface area contributed by atoms with Crippen molar-refractivity contribution in [2.45, 2.75) is 49.9 Å². The summed E-state index contributed by atoms with van der Waals surface area (Å²) < 4.78 is 263. The fraction of sp³-hybridized carbons (Fsp3) is 0.148. The number of benzene rings is 7. The largest absolute Gasteiger partial charge is 0.420 e. The summed E-state index contributed by atoms with van der Waals surface area (Å²) in [7, 11) is 0. The van der Waals surface area contributed by atoms with Crippen LogP contribution in [0.5, 0.6) is 0 Å². The van der Waals surface area contributed by atoms with Gasteiger partial charge in [-0.1, -0.05) is 60.7 Å². The second-order valence-corrected chi connectivity index (χ2v) is 17.4. The first-order chi connectivity index (χ1) is 34.5. The fourth-order valence-electron chi connectivity index (χ4n) is 9.77. The van der Waals surface area contributed by atoms with Crippen molar-refractivity contribution in [1.82, 2.24) is 9.13 Å². The summed E-state index contributed by atoms with van der Waals surface area (Å²) in [6.45, 7) is 0. The van der Waals surface area contributed by atoms with Gasteiger partial charge in [0.2, 0.25) is 0 Å². The Kier molecular flexibility index (Phi) is 11.4. The van der Waals surface area contributed by atoms with E-state index in [2.05, 4.69) is 0 Å². The molecule has 0 radical (unpaired) electrons. The number of aryl methyl sites for hydroxylation is 1. The predicted octanol–water partition coefficient (Wildman–Crippen LogP) is 18.8. The van der Waals surface area contributed by atoms with E-state index in [1.165, 1.54) is 48.5 Å². The average molecular weight is 1050 g/mol. The number of alkyl halides is 18. The molecule has 0 N–H and O–H groups in total. The highest BCUT2D eigenvalue weighted by molar-refractivity contribution is 6.11. The molecule has 0 saturated carbocycles. The van der Waals surface area contributed by atoms with Gasteiger partial charge in [-0.25, -0.2) is 0 Å². The number of hydrogen-bond acceptors (Lipinski definition) is 0. The maximum absolute atomic E-state index is 16.4. The molecular weight excluding hydrogens is 1020 g/mol. The average Bonchev–Trinajstić information content (AvgIpc) is 3.83. The molecule has 0 atom stereocenters. The first-order valence-corrected chi connectivity index (χ1v) is 21.9. The molecular formula is C54H28F18N2. The smallest absolute Gasteiger partial charge is 0.309 e. The van der Waals surface area contributed by atoms with Crippen LogP contribution in [-0.4, -0.2) is 9.13 Å². The molecule has 0 fully saturated rings. The van der Waals surface area contributed by atoms with Crippen molar-refractivity contribution in [3.05, 3.63) is 184 Å². The predicted molar refractivity (Wildman–Crippen MR) is 241 cm³/mol. The molecule has 7 aromatic carbocycles. The van der Waals surface area contributed by atoms with E-state index in [1.54, 1.807) is 6.08 Å². The van der Waals surface area contributed by atoms with Gasteiger partial charge in [0.05, 0.1) is 55.7 Å². The molecule has 20 heteroatoms. The second-order valence-electron chi connectivity index (χ2n) is 17.4. The minimum absolute atomic E-state index is 0.00157. The molecule has 1 aliphatic carbocycles. The third-order valence-electron chi connectivity index (χ3n) is 12.9. The van der Waals surface area contributed by atoms with Crippen LogP contribution in [0.15, 0.2) is 140 Å². The number of allylic oxidation sites excluding steroid dienone is 1. The van der Waals surface area contributed by atoms with E-state index in [9.17, 15) is 65.9 Å². The Morgan fingerprint density at radius 2 is 0.851 bits per heavy atom. The number of halogens is 18. The number of hydrogen-bond donors (Lipinski definition) is 0. The SMILES string of the molecule is FC(F)(F)c1cccc(-c2cc(-n3c4c(c5cc(-c6ccc(C(F)(F)F)cc6C(F)(F)F)ccc53)CCC=C4)c(C(F)(F)F)c(-n3c4ccccc4c4cc(-c5ccc(C(F)(F)F)cc5C(F)(F)F)ccc43)c2)c1. The summed E-state index contributed by atoms with van der Waals surface area (Å²) in [6, 6.07) is 20.3. The monoisotopic (exact) mass is 1050 g/mol. The van der Waals surface area contributed by atoms with Gasteiger partial charge in [0.1, 0.15) is 5.56 Å². The Balaban J connectivity index is 1.29. The van der Waals surface area contributed by atoms with Crippen LogP contribution in [0, 0.1) is 0 Å². The van der Waals surface area contributed by atoms with Gasteiger partial charge >= 0.3 is 37.1 Å². The summed E-state index contributed by atoms with van der Waals surface area (Å²) in [4.78, 5) is 0. The summed E-state index contributed by atoms with van der Waals surface area (Å²) in [5, 5.41) is 0.260. The van der Waals surface area contributed by atoms with Crippen molar-refractivity contribution in [2.24, 2.45) is 0 Å². The zero-order valence-electron chi connectivity index (χ0n) is 37.0. The van der Waals surface area contributed by atoms with Crippen molar-refractivity contribution in [3.63, 3.8) is 0 Å². The van der Waals surface area contributed by atoms with E-state index in [1.807, 2.05) is 0 Å².